The van der Waals surface area contributed by atoms with E-state index < -0.39 is 68.2 Å². The molecule has 360 valence electrons. The van der Waals surface area contributed by atoms with E-state index >= 15 is 4.79 Å². The van der Waals surface area contributed by atoms with E-state index in [1.807, 2.05) is 62.6 Å². The number of carbonyl (C=O) groups excluding carboxylic acids is 4. The number of para-hydroxylation sites is 1. The summed E-state index contributed by atoms with van der Waals surface area (Å²) in [5.74, 6) is -1.52. The molecule has 15 nitrogen and oxygen atoms in total. The largest absolute Gasteiger partial charge is 0.492 e. The van der Waals surface area contributed by atoms with Gasteiger partial charge in [0.15, 0.2) is 0 Å². The number of nitrogens with zero attached hydrogens (tertiary/aromatic N) is 3. The highest BCUT2D eigenvalue weighted by molar-refractivity contribution is 7.91. The molecule has 9 rings (SSSR count). The van der Waals surface area contributed by atoms with Gasteiger partial charge in [-0.25, -0.2) is 18.2 Å². The number of hydrogen-bond acceptors (Lipinski definition) is 11. The van der Waals surface area contributed by atoms with Gasteiger partial charge in [-0.3, -0.25) is 19.1 Å². The fraction of sp³-hybridized carbons (Fsp3) is 0.588. The molecule has 67 heavy (non-hydrogen) atoms. The van der Waals surface area contributed by atoms with Gasteiger partial charge in [0.2, 0.25) is 27.7 Å². The van der Waals surface area contributed by atoms with Crippen LogP contribution in [-0.4, -0.2) is 115 Å². The average molecular weight is 939 g/mol. The van der Waals surface area contributed by atoms with E-state index in [-0.39, 0.29) is 43.2 Å². The molecule has 3 saturated carbocycles. The number of sulfonamides is 1. The Bertz CT molecular complexity index is 2500. The van der Waals surface area contributed by atoms with Crippen molar-refractivity contribution in [1.82, 2.24) is 30.1 Å². The van der Waals surface area contributed by atoms with Gasteiger partial charge in [0.1, 0.15) is 35.6 Å². The van der Waals surface area contributed by atoms with Crippen LogP contribution in [0.1, 0.15) is 107 Å². The van der Waals surface area contributed by atoms with Crippen LogP contribution in [0.5, 0.6) is 11.6 Å². The minimum Gasteiger partial charge on any atom is -0.492 e. The number of carbonyl (C=O) groups is 4. The molecule has 3 N–H and O–H groups in total. The summed E-state index contributed by atoms with van der Waals surface area (Å²) in [4.78, 5) is 66.8. The molecule has 2 bridgehead atoms. The predicted molar refractivity (Wildman–Crippen MR) is 253 cm³/mol. The van der Waals surface area contributed by atoms with Crippen molar-refractivity contribution >= 4 is 44.7 Å². The molecule has 4 fully saturated rings. The van der Waals surface area contributed by atoms with Crippen molar-refractivity contribution in [3.05, 3.63) is 77.9 Å². The highest BCUT2D eigenvalue weighted by Gasteiger charge is 2.63. The number of amides is 4. The van der Waals surface area contributed by atoms with Gasteiger partial charge in [0, 0.05) is 24.3 Å². The summed E-state index contributed by atoms with van der Waals surface area (Å²) in [7, 11) is 0.0343. The summed E-state index contributed by atoms with van der Waals surface area (Å²) in [5.41, 5.74) is 2.10. The number of alkyl carbamates (subject to hydrolysis) is 1. The van der Waals surface area contributed by atoms with Gasteiger partial charge in [-0.05, 0) is 120 Å². The van der Waals surface area contributed by atoms with Gasteiger partial charge in [0.05, 0.1) is 29.0 Å². The van der Waals surface area contributed by atoms with Crippen molar-refractivity contribution in [2.75, 3.05) is 33.8 Å². The van der Waals surface area contributed by atoms with Crippen molar-refractivity contribution in [3.63, 3.8) is 0 Å². The van der Waals surface area contributed by atoms with E-state index in [1.165, 1.54) is 11.0 Å². The highest BCUT2D eigenvalue weighted by atomic mass is 32.2. The monoisotopic (exact) mass is 938 g/mol. The van der Waals surface area contributed by atoms with Crippen LogP contribution < -0.4 is 24.8 Å². The molecule has 0 spiro atoms. The van der Waals surface area contributed by atoms with Crippen LogP contribution in [-0.2, 0) is 42.0 Å². The van der Waals surface area contributed by atoms with Crippen LogP contribution in [0, 0.1) is 17.8 Å². The number of benzene rings is 2. The number of ether oxygens (including phenoxy) is 3. The molecule has 4 amide bonds. The Morgan fingerprint density at radius 1 is 1.00 bits per heavy atom. The molecule has 2 aliphatic heterocycles. The Morgan fingerprint density at radius 2 is 1.72 bits per heavy atom. The first kappa shape index (κ1) is 46.9. The summed E-state index contributed by atoms with van der Waals surface area (Å²) in [6.07, 6.45) is 8.25. The quantitative estimate of drug-likeness (QED) is 0.144. The minimum absolute atomic E-state index is 0.0254. The third kappa shape index (κ3) is 9.75. The molecule has 1 saturated heterocycles. The minimum atomic E-state index is -4.03. The summed E-state index contributed by atoms with van der Waals surface area (Å²) in [6, 6.07) is 13.6. The smallest absolute Gasteiger partial charge is 0.408 e. The maximum atomic E-state index is 15.4. The second-order valence-electron chi connectivity index (χ2n) is 20.6. The number of aromatic nitrogens is 1. The first-order valence-electron chi connectivity index (χ1n) is 24.3. The van der Waals surface area contributed by atoms with E-state index in [0.717, 1.165) is 73.6 Å². The van der Waals surface area contributed by atoms with Crippen molar-refractivity contribution in [2.24, 2.45) is 17.8 Å². The van der Waals surface area contributed by atoms with Gasteiger partial charge >= 0.3 is 6.09 Å². The molecule has 0 radical (unpaired) electrons. The highest BCUT2D eigenvalue weighted by Crippen LogP contribution is 2.48. The standard InChI is InChI=1S/C51H66N6O9S/c1-6-36-29-51(36,48(60)55-67(62,63)50(3)21-22-50)54-45(58)40-28-37-30-57(40)47(59)43(35-25-32-16-10-11-17-33(32)26-35)53-49(61)66-41-27-34(41)18-9-7-8-15-31(2)42-44(64-24-14-23-56(4)5)38-19-12-13-20-39(38)52-46(42)65-37/h6,10-13,16-17,19-20,31,34-37,40-41,43H,1,7-9,14-15,18,21-30H2,2-5H3,(H,53,61)(H,54,58)(H,55,60). The third-order valence-electron chi connectivity index (χ3n) is 15.3. The lowest BCUT2D eigenvalue weighted by atomic mass is 9.93. The van der Waals surface area contributed by atoms with Crippen LogP contribution in [0.3, 0.4) is 0 Å². The fourth-order valence-electron chi connectivity index (χ4n) is 10.6. The number of hydrogen-bond donors (Lipinski definition) is 3. The predicted octanol–water partition coefficient (Wildman–Crippen LogP) is 5.94. The first-order chi connectivity index (χ1) is 32.1. The van der Waals surface area contributed by atoms with E-state index in [2.05, 4.69) is 33.8 Å². The molecule has 3 heterocycles. The molecular weight excluding hydrogens is 873 g/mol. The SMILES string of the molecule is C=CC1CC1(NC(=O)C1CC2CN1C(=O)C(C1Cc3ccccc3C1)NC(=O)OC1CC1CCCCCC(C)c1c(nc3ccccc3c1OCCCN(C)C)O2)C(=O)NS(=O)(=O)C1(C)CC1. The Kier molecular flexibility index (Phi) is 13.1. The molecule has 6 aliphatic rings. The summed E-state index contributed by atoms with van der Waals surface area (Å²) < 4.78 is 47.5. The Balaban J connectivity index is 1.08. The molecule has 3 aromatic rings. The Labute approximate surface area is 394 Å². The topological polar surface area (TPSA) is 186 Å². The summed E-state index contributed by atoms with van der Waals surface area (Å²) in [5, 5.41) is 6.77. The molecule has 8 unspecified atom stereocenters. The van der Waals surface area contributed by atoms with Crippen LogP contribution in [0.25, 0.3) is 10.9 Å². The average Bonchev–Trinajstić information content (AvgIpc) is 4.25. The molecule has 8 atom stereocenters. The second-order valence-corrected chi connectivity index (χ2v) is 22.8. The van der Waals surface area contributed by atoms with Gasteiger partial charge in [-0.1, -0.05) is 68.7 Å². The zero-order valence-electron chi connectivity index (χ0n) is 39.3. The zero-order chi connectivity index (χ0) is 47.3. The first-order valence-corrected chi connectivity index (χ1v) is 25.8. The van der Waals surface area contributed by atoms with Crippen LogP contribution in [0.15, 0.2) is 61.2 Å². The van der Waals surface area contributed by atoms with Gasteiger partial charge in [-0.15, -0.1) is 6.58 Å². The fourth-order valence-corrected chi connectivity index (χ4v) is 11.9. The Morgan fingerprint density at radius 3 is 2.42 bits per heavy atom. The van der Waals surface area contributed by atoms with E-state index in [1.54, 1.807) is 6.92 Å². The normalized spacial score (nSPS) is 29.4. The van der Waals surface area contributed by atoms with Crippen LogP contribution in [0.4, 0.5) is 4.79 Å². The van der Waals surface area contributed by atoms with Gasteiger partial charge < -0.3 is 34.6 Å². The van der Waals surface area contributed by atoms with E-state index in [9.17, 15) is 22.8 Å². The molecular formula is C51H66N6O9S. The lowest BCUT2D eigenvalue weighted by Crippen LogP contribution is -2.59. The second kappa shape index (κ2) is 18.7. The zero-order valence-corrected chi connectivity index (χ0v) is 40.1. The molecule has 2 aromatic carbocycles. The molecule has 16 heteroatoms. The van der Waals surface area contributed by atoms with Gasteiger partial charge in [-0.2, -0.15) is 0 Å². The summed E-state index contributed by atoms with van der Waals surface area (Å²) >= 11 is 0. The maximum absolute atomic E-state index is 15.4. The van der Waals surface area contributed by atoms with E-state index in [0.29, 0.717) is 49.4 Å². The van der Waals surface area contributed by atoms with E-state index in [4.69, 9.17) is 19.2 Å². The number of nitrogens with one attached hydrogen (secondary N) is 3. The van der Waals surface area contributed by atoms with Crippen molar-refractivity contribution in [2.45, 2.75) is 138 Å². The lowest BCUT2D eigenvalue weighted by Gasteiger charge is -2.32. The van der Waals surface area contributed by atoms with Crippen LogP contribution in [0.2, 0.25) is 0 Å². The van der Waals surface area contributed by atoms with Crippen LogP contribution >= 0.6 is 0 Å². The molecule has 4 aliphatic carbocycles. The van der Waals surface area contributed by atoms with Gasteiger partial charge in [0.25, 0.3) is 5.91 Å². The van der Waals surface area contributed by atoms with Crippen molar-refractivity contribution in [3.8, 4) is 11.6 Å². The Hall–Kier alpha value is -5.22. The maximum Gasteiger partial charge on any atom is 0.408 e. The van der Waals surface area contributed by atoms with Crippen molar-refractivity contribution in [1.29, 1.82) is 0 Å². The number of fused-ring (bicyclic) bond motifs is 6. The lowest BCUT2D eigenvalue weighted by molar-refractivity contribution is -0.142. The summed E-state index contributed by atoms with van der Waals surface area (Å²) in [6.45, 7) is 8.92. The number of pyridine rings is 1. The molecule has 1 aromatic heterocycles. The third-order valence-corrected chi connectivity index (χ3v) is 17.4. The van der Waals surface area contributed by atoms with Crippen molar-refractivity contribution < 1.29 is 41.8 Å². The number of rotatable bonds is 12.